The van der Waals surface area contributed by atoms with Crippen LogP contribution in [0.15, 0.2) is 43.0 Å². The molecule has 6 nitrogen and oxygen atoms in total. The van der Waals surface area contributed by atoms with Gasteiger partial charge in [0.1, 0.15) is 5.60 Å². The number of hydrogen-bond acceptors (Lipinski definition) is 4. The van der Waals surface area contributed by atoms with Gasteiger partial charge in [0.2, 0.25) is 11.8 Å². The molecule has 1 saturated heterocycles. The van der Waals surface area contributed by atoms with Gasteiger partial charge in [0.15, 0.2) is 0 Å². The first-order chi connectivity index (χ1) is 15.1. The van der Waals surface area contributed by atoms with Crippen molar-refractivity contribution >= 4 is 17.8 Å². The summed E-state index contributed by atoms with van der Waals surface area (Å²) in [6.07, 6.45) is 5.74. The van der Waals surface area contributed by atoms with Gasteiger partial charge in [-0.15, -0.1) is 0 Å². The molecule has 0 unspecified atom stereocenters. The van der Waals surface area contributed by atoms with Crippen molar-refractivity contribution in [3.05, 3.63) is 48.6 Å². The van der Waals surface area contributed by atoms with Crippen LogP contribution in [0.2, 0.25) is 0 Å². The summed E-state index contributed by atoms with van der Waals surface area (Å²) in [4.78, 5) is 40.5. The van der Waals surface area contributed by atoms with Crippen LogP contribution in [0.4, 0.5) is 0 Å². The Morgan fingerprint density at radius 1 is 1.06 bits per heavy atom. The van der Waals surface area contributed by atoms with E-state index in [4.69, 9.17) is 4.74 Å². The highest BCUT2D eigenvalue weighted by molar-refractivity contribution is 5.91. The van der Waals surface area contributed by atoms with Crippen LogP contribution in [0, 0.1) is 5.41 Å². The number of carbonyl (C=O) groups is 3. The normalized spacial score (nSPS) is 19.8. The van der Waals surface area contributed by atoms with Gasteiger partial charge >= 0.3 is 5.97 Å². The maximum atomic E-state index is 13.7. The Bertz CT molecular complexity index is 842. The van der Waals surface area contributed by atoms with Crippen LogP contribution in [0.5, 0.6) is 0 Å². The van der Waals surface area contributed by atoms with Crippen LogP contribution in [-0.4, -0.2) is 47.9 Å². The van der Waals surface area contributed by atoms with E-state index in [0.717, 1.165) is 31.2 Å². The van der Waals surface area contributed by atoms with E-state index in [-0.39, 0.29) is 24.3 Å². The molecule has 1 aromatic rings. The first-order valence-corrected chi connectivity index (χ1v) is 11.6. The Balaban J connectivity index is 1.79. The minimum atomic E-state index is -0.729. The first kappa shape index (κ1) is 24.0. The third-order valence-corrected chi connectivity index (χ3v) is 6.84. The summed E-state index contributed by atoms with van der Waals surface area (Å²) in [5, 5.41) is 3.14. The van der Waals surface area contributed by atoms with Crippen LogP contribution >= 0.6 is 0 Å². The number of rotatable bonds is 6. The molecule has 0 spiro atoms. The highest BCUT2D eigenvalue weighted by atomic mass is 16.6. The zero-order chi connectivity index (χ0) is 23.4. The van der Waals surface area contributed by atoms with Gasteiger partial charge < -0.3 is 15.0 Å². The molecule has 0 bridgehead atoms. The minimum Gasteiger partial charge on any atom is -0.459 e. The lowest BCUT2D eigenvalue weighted by Crippen LogP contribution is -2.54. The van der Waals surface area contributed by atoms with Crippen LogP contribution in [0.25, 0.3) is 0 Å². The van der Waals surface area contributed by atoms with Gasteiger partial charge in [-0.25, -0.2) is 0 Å². The van der Waals surface area contributed by atoms with Gasteiger partial charge in [-0.2, -0.15) is 0 Å². The largest absolute Gasteiger partial charge is 0.459 e. The molecule has 174 valence electrons. The summed E-state index contributed by atoms with van der Waals surface area (Å²) in [6, 6.07) is 9.75. The summed E-state index contributed by atoms with van der Waals surface area (Å²) >= 11 is 0. The average molecular weight is 441 g/mol. The zero-order valence-electron chi connectivity index (χ0n) is 19.6. The number of nitrogens with zero attached hydrogens (tertiary/aromatic N) is 1. The van der Waals surface area contributed by atoms with Gasteiger partial charge in [0.25, 0.3) is 0 Å². The molecule has 3 rings (SSSR count). The average Bonchev–Trinajstić information content (AvgIpc) is 3.27. The monoisotopic (exact) mass is 440 g/mol. The fourth-order valence-electron chi connectivity index (χ4n) is 4.95. The standard InChI is InChI=1S/C26H36N2O4/c1-5-21(29)28-17-15-26(16-18-28,20-11-7-6-8-12-20)22(30)27-19-25(13-9-10-14-25)23(31)32-24(2,3)4/h5-8,11-12H,1,9-10,13-19H2,2-4H3,(H,27,30). The molecular weight excluding hydrogens is 404 g/mol. The first-order valence-electron chi connectivity index (χ1n) is 11.6. The molecule has 2 amide bonds. The van der Waals surface area contributed by atoms with Gasteiger partial charge in [-0.1, -0.05) is 49.8 Å². The predicted molar refractivity (Wildman–Crippen MR) is 124 cm³/mol. The van der Waals surface area contributed by atoms with E-state index in [1.807, 2.05) is 51.1 Å². The van der Waals surface area contributed by atoms with Crippen LogP contribution in [0.3, 0.4) is 0 Å². The molecule has 1 N–H and O–H groups in total. The summed E-state index contributed by atoms with van der Waals surface area (Å²) in [5.41, 5.74) is -1.01. The number of carbonyl (C=O) groups excluding carboxylic acids is 3. The molecule has 2 fully saturated rings. The molecule has 6 heteroatoms. The SMILES string of the molecule is C=CC(=O)N1CCC(C(=O)NCC2(C(=O)OC(C)(C)C)CCCC2)(c2ccccc2)CC1. The number of esters is 1. The smallest absolute Gasteiger partial charge is 0.314 e. The van der Waals surface area contributed by atoms with E-state index in [0.29, 0.717) is 25.9 Å². The van der Waals surface area contributed by atoms with Crippen molar-refractivity contribution in [1.29, 1.82) is 0 Å². The van der Waals surface area contributed by atoms with Crippen molar-refractivity contribution < 1.29 is 19.1 Å². The van der Waals surface area contributed by atoms with Crippen molar-refractivity contribution in [2.24, 2.45) is 5.41 Å². The van der Waals surface area contributed by atoms with Crippen molar-refractivity contribution in [3.8, 4) is 0 Å². The fourth-order valence-corrected chi connectivity index (χ4v) is 4.95. The number of ether oxygens (including phenoxy) is 1. The van der Waals surface area contributed by atoms with Crippen molar-refractivity contribution in [2.45, 2.75) is 70.3 Å². The van der Waals surface area contributed by atoms with Gasteiger partial charge in [-0.05, 0) is 58.1 Å². The second kappa shape index (κ2) is 9.47. The Hall–Kier alpha value is -2.63. The van der Waals surface area contributed by atoms with Crippen LogP contribution in [-0.2, 0) is 24.5 Å². The Morgan fingerprint density at radius 2 is 1.66 bits per heavy atom. The Kier molecular flexibility index (Phi) is 7.11. The van der Waals surface area contributed by atoms with Crippen LogP contribution in [0.1, 0.15) is 64.9 Å². The summed E-state index contributed by atoms with van der Waals surface area (Å²) in [7, 11) is 0. The molecule has 32 heavy (non-hydrogen) atoms. The summed E-state index contributed by atoms with van der Waals surface area (Å²) in [6.45, 7) is 10.4. The molecule has 1 aliphatic carbocycles. The molecule has 1 aromatic carbocycles. The number of hydrogen-bond donors (Lipinski definition) is 1. The molecule has 2 aliphatic rings. The molecule has 1 saturated carbocycles. The topological polar surface area (TPSA) is 75.7 Å². The molecule has 1 heterocycles. The zero-order valence-corrected chi connectivity index (χ0v) is 19.6. The highest BCUT2D eigenvalue weighted by Crippen LogP contribution is 2.41. The van der Waals surface area contributed by atoms with Crippen molar-refractivity contribution in [3.63, 3.8) is 0 Å². The molecule has 0 radical (unpaired) electrons. The number of amides is 2. The fraction of sp³-hybridized carbons (Fsp3) is 0.577. The Morgan fingerprint density at radius 3 is 2.19 bits per heavy atom. The number of likely N-dealkylation sites (tertiary alicyclic amines) is 1. The predicted octanol–water partition coefficient (Wildman–Crippen LogP) is 3.75. The van der Waals surface area contributed by atoms with Gasteiger partial charge in [-0.3, -0.25) is 14.4 Å². The van der Waals surface area contributed by atoms with Crippen LogP contribution < -0.4 is 5.32 Å². The summed E-state index contributed by atoms with van der Waals surface area (Å²) in [5.74, 6) is -0.408. The van der Waals surface area contributed by atoms with E-state index in [1.165, 1.54) is 6.08 Å². The second-order valence-electron chi connectivity index (χ2n) is 10.1. The molecular formula is C26H36N2O4. The third-order valence-electron chi connectivity index (χ3n) is 6.84. The van der Waals surface area contributed by atoms with E-state index in [9.17, 15) is 14.4 Å². The maximum Gasteiger partial charge on any atom is 0.314 e. The lowest BCUT2D eigenvalue weighted by molar-refractivity contribution is -0.167. The lowest BCUT2D eigenvalue weighted by Gasteiger charge is -2.41. The van der Waals surface area contributed by atoms with E-state index >= 15 is 0 Å². The number of benzene rings is 1. The quantitative estimate of drug-likeness (QED) is 0.540. The minimum absolute atomic E-state index is 0.0794. The molecule has 0 atom stereocenters. The number of piperidine rings is 1. The highest BCUT2D eigenvalue weighted by Gasteiger charge is 2.47. The maximum absolute atomic E-state index is 13.7. The summed E-state index contributed by atoms with van der Waals surface area (Å²) < 4.78 is 5.72. The van der Waals surface area contributed by atoms with E-state index in [2.05, 4.69) is 11.9 Å². The number of nitrogens with one attached hydrogen (secondary N) is 1. The van der Waals surface area contributed by atoms with E-state index < -0.39 is 16.4 Å². The third kappa shape index (κ3) is 5.05. The molecule has 0 aromatic heterocycles. The molecule has 1 aliphatic heterocycles. The Labute approximate surface area is 191 Å². The van der Waals surface area contributed by atoms with Gasteiger partial charge in [0, 0.05) is 19.6 Å². The van der Waals surface area contributed by atoms with Crippen molar-refractivity contribution in [1.82, 2.24) is 10.2 Å². The van der Waals surface area contributed by atoms with Gasteiger partial charge in [0.05, 0.1) is 10.8 Å². The second-order valence-corrected chi connectivity index (χ2v) is 10.1. The van der Waals surface area contributed by atoms with Crippen molar-refractivity contribution in [2.75, 3.05) is 19.6 Å². The van der Waals surface area contributed by atoms with E-state index in [1.54, 1.807) is 4.90 Å². The lowest BCUT2D eigenvalue weighted by atomic mass is 9.71.